The molecular formula is C17H14N4O2. The van der Waals surface area contributed by atoms with Crippen LogP contribution in [-0.2, 0) is 0 Å². The number of rotatable bonds is 3. The maximum atomic E-state index is 12.0. The first-order valence-corrected chi connectivity index (χ1v) is 7.00. The largest absolute Gasteiger partial charge is 0.321 e. The minimum atomic E-state index is -0.364. The molecule has 0 saturated carbocycles. The molecule has 1 aromatic carbocycles. The summed E-state index contributed by atoms with van der Waals surface area (Å²) in [5.74, 6) is -0.364. The smallest absolute Gasteiger partial charge is 0.271 e. The maximum absolute atomic E-state index is 12.0. The second-order valence-electron chi connectivity index (χ2n) is 5.08. The van der Waals surface area contributed by atoms with Crippen LogP contribution in [0.15, 0.2) is 58.7 Å². The zero-order valence-electron chi connectivity index (χ0n) is 12.4. The highest BCUT2D eigenvalue weighted by atomic mass is 16.2. The Kier molecular flexibility index (Phi) is 3.97. The predicted molar refractivity (Wildman–Crippen MR) is 88.6 cm³/mol. The van der Waals surface area contributed by atoms with E-state index in [1.807, 2.05) is 25.1 Å². The number of benzene rings is 1. The van der Waals surface area contributed by atoms with E-state index in [0.717, 1.165) is 16.5 Å². The lowest BCUT2D eigenvalue weighted by atomic mass is 10.1. The van der Waals surface area contributed by atoms with E-state index >= 15 is 0 Å². The molecule has 2 N–H and O–H groups in total. The lowest BCUT2D eigenvalue weighted by Gasteiger charge is -2.01. The Morgan fingerprint density at radius 1 is 1.22 bits per heavy atom. The summed E-state index contributed by atoms with van der Waals surface area (Å²) in [5, 5.41) is 4.74. The van der Waals surface area contributed by atoms with Gasteiger partial charge in [0.05, 0.1) is 11.8 Å². The Labute approximate surface area is 131 Å². The fourth-order valence-corrected chi connectivity index (χ4v) is 2.16. The van der Waals surface area contributed by atoms with Crippen LogP contribution in [0.1, 0.15) is 21.5 Å². The van der Waals surface area contributed by atoms with Crippen LogP contribution < -0.4 is 11.0 Å². The van der Waals surface area contributed by atoms with Gasteiger partial charge in [0.25, 0.3) is 11.5 Å². The van der Waals surface area contributed by atoms with Gasteiger partial charge in [0, 0.05) is 23.5 Å². The Bertz CT molecular complexity index is 946. The fraction of sp³-hybridized carbons (Fsp3) is 0.0588. The van der Waals surface area contributed by atoms with Gasteiger partial charge in [-0.25, -0.2) is 5.43 Å². The van der Waals surface area contributed by atoms with Crippen molar-refractivity contribution in [2.45, 2.75) is 6.92 Å². The van der Waals surface area contributed by atoms with Gasteiger partial charge < -0.3 is 4.98 Å². The molecule has 0 aliphatic carbocycles. The Hall–Kier alpha value is -3.28. The van der Waals surface area contributed by atoms with Crippen LogP contribution in [-0.4, -0.2) is 22.1 Å². The number of carbonyl (C=O) groups is 1. The molecule has 1 amide bonds. The van der Waals surface area contributed by atoms with Gasteiger partial charge in [-0.2, -0.15) is 5.10 Å². The number of aryl methyl sites for hydroxylation is 1. The molecule has 0 saturated heterocycles. The van der Waals surface area contributed by atoms with E-state index in [1.54, 1.807) is 18.2 Å². The number of nitrogens with zero attached hydrogens (tertiary/aromatic N) is 2. The summed E-state index contributed by atoms with van der Waals surface area (Å²) in [6.45, 7) is 1.96. The molecule has 6 nitrogen and oxygen atoms in total. The Morgan fingerprint density at radius 3 is 2.78 bits per heavy atom. The lowest BCUT2D eigenvalue weighted by Crippen LogP contribution is -2.19. The van der Waals surface area contributed by atoms with Gasteiger partial charge in [-0.3, -0.25) is 14.6 Å². The standard InChI is InChI=1S/C17H14N4O2/c1-11-2-3-13-9-14(16(22)20-15(13)8-11)10-19-21-17(23)12-4-6-18-7-5-12/h2-10H,1H3,(H,20,22)(H,21,23). The van der Waals surface area contributed by atoms with Crippen molar-refractivity contribution in [3.05, 3.63) is 75.8 Å². The minimum absolute atomic E-state index is 0.259. The number of pyridine rings is 2. The van der Waals surface area contributed by atoms with Crippen molar-refractivity contribution < 1.29 is 4.79 Å². The molecule has 0 bridgehead atoms. The monoisotopic (exact) mass is 306 g/mol. The third kappa shape index (κ3) is 3.32. The third-order valence-corrected chi connectivity index (χ3v) is 3.34. The summed E-state index contributed by atoms with van der Waals surface area (Å²) in [6, 6.07) is 10.7. The molecule has 0 atom stereocenters. The molecular weight excluding hydrogens is 292 g/mol. The molecule has 0 unspecified atom stereocenters. The van der Waals surface area contributed by atoms with Crippen LogP contribution >= 0.6 is 0 Å². The van der Waals surface area contributed by atoms with Crippen LogP contribution in [0.3, 0.4) is 0 Å². The first-order valence-electron chi connectivity index (χ1n) is 7.00. The number of H-pyrrole nitrogens is 1. The summed E-state index contributed by atoms with van der Waals surface area (Å²) in [5.41, 5.74) is 4.78. The van der Waals surface area contributed by atoms with Gasteiger partial charge in [-0.05, 0) is 42.1 Å². The van der Waals surface area contributed by atoms with E-state index in [9.17, 15) is 9.59 Å². The van der Waals surface area contributed by atoms with E-state index < -0.39 is 0 Å². The lowest BCUT2D eigenvalue weighted by molar-refractivity contribution is 0.0955. The van der Waals surface area contributed by atoms with Crippen molar-refractivity contribution in [3.8, 4) is 0 Å². The minimum Gasteiger partial charge on any atom is -0.321 e. The first kappa shape index (κ1) is 14.6. The van der Waals surface area contributed by atoms with Gasteiger partial charge in [0.15, 0.2) is 0 Å². The van der Waals surface area contributed by atoms with Crippen LogP contribution in [0, 0.1) is 6.92 Å². The molecule has 3 aromatic rings. The number of fused-ring (bicyclic) bond motifs is 1. The zero-order valence-corrected chi connectivity index (χ0v) is 12.4. The predicted octanol–water partition coefficient (Wildman–Crippen LogP) is 2.00. The van der Waals surface area contributed by atoms with Crippen molar-refractivity contribution in [1.82, 2.24) is 15.4 Å². The Balaban J connectivity index is 1.81. The fourth-order valence-electron chi connectivity index (χ4n) is 2.16. The van der Waals surface area contributed by atoms with Gasteiger partial charge in [0.2, 0.25) is 0 Å². The molecule has 0 aliphatic heterocycles. The van der Waals surface area contributed by atoms with Gasteiger partial charge in [0.1, 0.15) is 0 Å². The van der Waals surface area contributed by atoms with Crippen molar-refractivity contribution >= 4 is 23.0 Å². The Morgan fingerprint density at radius 2 is 2.00 bits per heavy atom. The molecule has 114 valence electrons. The second kappa shape index (κ2) is 6.23. The number of hydrogen-bond acceptors (Lipinski definition) is 4. The number of amides is 1. The molecule has 3 rings (SSSR count). The molecule has 6 heteroatoms. The van der Waals surface area contributed by atoms with E-state index in [2.05, 4.69) is 20.5 Å². The van der Waals surface area contributed by atoms with Gasteiger partial charge in [-0.1, -0.05) is 12.1 Å². The number of aromatic amines is 1. The summed E-state index contributed by atoms with van der Waals surface area (Å²) in [6.07, 6.45) is 4.38. The number of aromatic nitrogens is 2. The van der Waals surface area contributed by atoms with E-state index in [1.165, 1.54) is 18.6 Å². The highest BCUT2D eigenvalue weighted by Gasteiger charge is 2.04. The second-order valence-corrected chi connectivity index (χ2v) is 5.08. The highest BCUT2D eigenvalue weighted by molar-refractivity contribution is 5.95. The summed E-state index contributed by atoms with van der Waals surface area (Å²) >= 11 is 0. The SMILES string of the molecule is Cc1ccc2cc(C=NNC(=O)c3ccncc3)c(=O)[nH]c2c1. The molecule has 0 radical (unpaired) electrons. The van der Waals surface area contributed by atoms with Crippen LogP contribution in [0.25, 0.3) is 10.9 Å². The number of carbonyl (C=O) groups excluding carboxylic acids is 1. The topological polar surface area (TPSA) is 87.2 Å². The van der Waals surface area contributed by atoms with E-state index in [-0.39, 0.29) is 11.5 Å². The van der Waals surface area contributed by atoms with Crippen LogP contribution in [0.5, 0.6) is 0 Å². The van der Waals surface area contributed by atoms with Crippen molar-refractivity contribution in [2.75, 3.05) is 0 Å². The number of hydrazone groups is 1. The molecule has 2 aromatic heterocycles. The van der Waals surface area contributed by atoms with Crippen LogP contribution in [0.4, 0.5) is 0 Å². The quantitative estimate of drug-likeness (QED) is 0.573. The van der Waals surface area contributed by atoms with Gasteiger partial charge in [-0.15, -0.1) is 0 Å². The van der Waals surface area contributed by atoms with E-state index in [4.69, 9.17) is 0 Å². The number of hydrogen-bond donors (Lipinski definition) is 2. The summed E-state index contributed by atoms with van der Waals surface area (Å²) in [7, 11) is 0. The normalized spacial score (nSPS) is 11.0. The van der Waals surface area contributed by atoms with Crippen molar-refractivity contribution in [3.63, 3.8) is 0 Å². The van der Waals surface area contributed by atoms with Gasteiger partial charge >= 0.3 is 0 Å². The number of nitrogens with one attached hydrogen (secondary N) is 2. The molecule has 0 aliphatic rings. The van der Waals surface area contributed by atoms with E-state index in [0.29, 0.717) is 11.1 Å². The average molecular weight is 306 g/mol. The maximum Gasteiger partial charge on any atom is 0.271 e. The molecule has 23 heavy (non-hydrogen) atoms. The first-order chi connectivity index (χ1) is 11.1. The molecule has 2 heterocycles. The summed E-state index contributed by atoms with van der Waals surface area (Å²) in [4.78, 5) is 30.5. The van der Waals surface area contributed by atoms with Crippen molar-refractivity contribution in [1.29, 1.82) is 0 Å². The molecule has 0 spiro atoms. The van der Waals surface area contributed by atoms with Crippen LogP contribution in [0.2, 0.25) is 0 Å². The van der Waals surface area contributed by atoms with Crippen molar-refractivity contribution in [2.24, 2.45) is 5.10 Å². The average Bonchev–Trinajstić information content (AvgIpc) is 2.56. The zero-order chi connectivity index (χ0) is 16.2. The summed E-state index contributed by atoms with van der Waals surface area (Å²) < 4.78 is 0. The highest BCUT2D eigenvalue weighted by Crippen LogP contribution is 2.12. The molecule has 0 fully saturated rings. The third-order valence-electron chi connectivity index (χ3n) is 3.34.